The van der Waals surface area contributed by atoms with E-state index < -0.39 is 0 Å². The summed E-state index contributed by atoms with van der Waals surface area (Å²) in [5, 5.41) is 4.83. The van der Waals surface area contributed by atoms with Crippen LogP contribution in [-0.2, 0) is 4.74 Å². The molecule has 0 atom stereocenters. The Kier molecular flexibility index (Phi) is 2.81. The molecule has 0 bridgehead atoms. The molecule has 2 aliphatic rings. The summed E-state index contributed by atoms with van der Waals surface area (Å²) in [4.78, 5) is 22.0. The van der Waals surface area contributed by atoms with Crippen LogP contribution >= 0.6 is 0 Å². The summed E-state index contributed by atoms with van der Waals surface area (Å²) in [5.74, 6) is 0.589. The largest absolute Gasteiger partial charge is 0.371 e. The van der Waals surface area contributed by atoms with Crippen molar-refractivity contribution in [1.29, 1.82) is 0 Å². The maximum Gasteiger partial charge on any atom is 0.263 e. The number of ether oxygens (including phenoxy) is 1. The van der Waals surface area contributed by atoms with E-state index in [-0.39, 0.29) is 11.2 Å². The van der Waals surface area contributed by atoms with Gasteiger partial charge in [0.25, 0.3) is 5.56 Å². The van der Waals surface area contributed by atoms with Gasteiger partial charge in [0.1, 0.15) is 11.0 Å². The molecule has 122 valence electrons. The molecule has 2 fully saturated rings. The number of rotatable bonds is 2. The number of para-hydroxylation sites is 1. The first-order valence-corrected chi connectivity index (χ1v) is 8.17. The molecule has 0 aliphatic carbocycles. The van der Waals surface area contributed by atoms with E-state index in [1.807, 2.05) is 30.3 Å². The Morgan fingerprint density at radius 3 is 2.79 bits per heavy atom. The summed E-state index contributed by atoms with van der Waals surface area (Å²) in [6.07, 6.45) is 3.76. The molecule has 0 saturated carbocycles. The molecule has 2 aliphatic heterocycles. The minimum absolute atomic E-state index is 0.0345. The van der Waals surface area contributed by atoms with Gasteiger partial charge in [-0.2, -0.15) is 10.1 Å². The van der Waals surface area contributed by atoms with Gasteiger partial charge in [0.15, 0.2) is 5.65 Å². The second-order valence-electron chi connectivity index (χ2n) is 6.51. The van der Waals surface area contributed by atoms with Gasteiger partial charge in [-0.3, -0.25) is 9.78 Å². The molecule has 7 heteroatoms. The summed E-state index contributed by atoms with van der Waals surface area (Å²) >= 11 is 0. The fourth-order valence-electron chi connectivity index (χ4n) is 3.62. The topological polar surface area (TPSA) is 76.0 Å². The number of fused-ring (bicyclic) bond motifs is 1. The van der Waals surface area contributed by atoms with Crippen LogP contribution in [0.2, 0.25) is 0 Å². The highest BCUT2D eigenvalue weighted by Gasteiger charge is 2.47. The van der Waals surface area contributed by atoms with Crippen LogP contribution in [0.1, 0.15) is 12.8 Å². The Morgan fingerprint density at radius 2 is 2.04 bits per heavy atom. The molecule has 1 N–H and O–H groups in total. The van der Waals surface area contributed by atoms with Gasteiger partial charge in [-0.1, -0.05) is 18.2 Å². The second-order valence-corrected chi connectivity index (χ2v) is 6.51. The molecule has 5 rings (SSSR count). The summed E-state index contributed by atoms with van der Waals surface area (Å²) in [6, 6.07) is 9.71. The van der Waals surface area contributed by atoms with Crippen LogP contribution in [-0.4, -0.2) is 45.0 Å². The van der Waals surface area contributed by atoms with E-state index in [0.717, 1.165) is 38.2 Å². The Bertz CT molecular complexity index is 948. The van der Waals surface area contributed by atoms with E-state index in [9.17, 15) is 4.79 Å². The number of nitrogens with zero attached hydrogens (tertiary/aromatic N) is 4. The van der Waals surface area contributed by atoms with Gasteiger partial charge in [0.05, 0.1) is 25.0 Å². The molecule has 3 aromatic rings. The number of hydrogen-bond acceptors (Lipinski definition) is 5. The molecule has 2 saturated heterocycles. The highest BCUT2D eigenvalue weighted by molar-refractivity contribution is 5.76. The van der Waals surface area contributed by atoms with Crippen LogP contribution in [0.4, 0.5) is 5.95 Å². The number of nitrogens with one attached hydrogen (secondary N) is 1. The van der Waals surface area contributed by atoms with Crippen molar-refractivity contribution in [2.75, 3.05) is 24.6 Å². The molecular weight excluding hydrogens is 306 g/mol. The van der Waals surface area contributed by atoms with Crippen LogP contribution in [0.5, 0.6) is 0 Å². The number of aromatic nitrogens is 4. The lowest BCUT2D eigenvalue weighted by Crippen LogP contribution is -2.62. The van der Waals surface area contributed by atoms with E-state index in [0.29, 0.717) is 17.0 Å². The van der Waals surface area contributed by atoms with Gasteiger partial charge in [-0.25, -0.2) is 4.68 Å². The van der Waals surface area contributed by atoms with E-state index in [4.69, 9.17) is 4.74 Å². The third-order valence-corrected chi connectivity index (χ3v) is 4.87. The first-order chi connectivity index (χ1) is 11.7. The Morgan fingerprint density at radius 1 is 1.21 bits per heavy atom. The fraction of sp³-hybridized carbons (Fsp3) is 0.353. The van der Waals surface area contributed by atoms with Crippen LogP contribution in [0, 0.1) is 0 Å². The zero-order valence-electron chi connectivity index (χ0n) is 13.1. The molecular formula is C17H17N5O2. The standard InChI is InChI=1S/C17H17N5O2/c23-15-13-9-18-22(12-5-2-1-3-6-12)14(13)19-16(20-15)21-10-17(11-21)7-4-8-24-17/h1-3,5-6,9H,4,7-8,10-11H2,(H,19,20,23). The van der Waals surface area contributed by atoms with Crippen LogP contribution in [0.25, 0.3) is 16.7 Å². The zero-order chi connectivity index (χ0) is 16.1. The van der Waals surface area contributed by atoms with Crippen molar-refractivity contribution in [3.05, 3.63) is 46.9 Å². The van der Waals surface area contributed by atoms with Gasteiger partial charge in [-0.15, -0.1) is 0 Å². The Balaban J connectivity index is 1.56. The SMILES string of the molecule is O=c1[nH]c(N2CC3(CCCO3)C2)nc2c1cnn2-c1ccccc1. The van der Waals surface area contributed by atoms with Crippen molar-refractivity contribution >= 4 is 17.0 Å². The summed E-state index contributed by atoms with van der Waals surface area (Å²) in [7, 11) is 0. The van der Waals surface area contributed by atoms with Gasteiger partial charge in [0.2, 0.25) is 5.95 Å². The van der Waals surface area contributed by atoms with Crippen molar-refractivity contribution in [3.63, 3.8) is 0 Å². The van der Waals surface area contributed by atoms with E-state index in [1.54, 1.807) is 10.9 Å². The molecule has 2 aromatic heterocycles. The van der Waals surface area contributed by atoms with E-state index in [1.165, 1.54) is 0 Å². The molecule has 24 heavy (non-hydrogen) atoms. The predicted molar refractivity (Wildman–Crippen MR) is 89.6 cm³/mol. The number of hydrogen-bond donors (Lipinski definition) is 1. The van der Waals surface area contributed by atoms with Crippen LogP contribution < -0.4 is 10.5 Å². The number of aromatic amines is 1. The van der Waals surface area contributed by atoms with Gasteiger partial charge < -0.3 is 9.64 Å². The lowest BCUT2D eigenvalue weighted by atomic mass is 9.91. The van der Waals surface area contributed by atoms with Crippen LogP contribution in [0.3, 0.4) is 0 Å². The minimum atomic E-state index is -0.162. The molecule has 4 heterocycles. The van der Waals surface area contributed by atoms with Crippen LogP contribution in [0.15, 0.2) is 41.3 Å². The normalized spacial score (nSPS) is 19.1. The van der Waals surface area contributed by atoms with Crippen molar-refractivity contribution in [1.82, 2.24) is 19.7 Å². The summed E-state index contributed by atoms with van der Waals surface area (Å²) in [5.41, 5.74) is 1.27. The van der Waals surface area contributed by atoms with Crippen molar-refractivity contribution in [2.45, 2.75) is 18.4 Å². The maximum absolute atomic E-state index is 12.4. The first kappa shape index (κ1) is 13.7. The fourth-order valence-corrected chi connectivity index (χ4v) is 3.62. The number of benzene rings is 1. The third-order valence-electron chi connectivity index (χ3n) is 4.87. The molecule has 0 amide bonds. The first-order valence-electron chi connectivity index (χ1n) is 8.17. The van der Waals surface area contributed by atoms with Gasteiger partial charge in [0, 0.05) is 6.61 Å². The van der Waals surface area contributed by atoms with Crippen molar-refractivity contribution in [3.8, 4) is 5.69 Å². The molecule has 1 aromatic carbocycles. The maximum atomic E-state index is 12.4. The Labute approximate surface area is 137 Å². The Hall–Kier alpha value is -2.67. The quantitative estimate of drug-likeness (QED) is 0.773. The molecule has 0 unspecified atom stereocenters. The zero-order valence-corrected chi connectivity index (χ0v) is 13.1. The summed E-state index contributed by atoms with van der Waals surface area (Å²) < 4.78 is 7.55. The van der Waals surface area contributed by atoms with E-state index in [2.05, 4.69) is 20.0 Å². The lowest BCUT2D eigenvalue weighted by Gasteiger charge is -2.47. The highest BCUT2D eigenvalue weighted by Crippen LogP contribution is 2.36. The minimum Gasteiger partial charge on any atom is -0.371 e. The number of anilines is 1. The average molecular weight is 323 g/mol. The van der Waals surface area contributed by atoms with E-state index >= 15 is 0 Å². The lowest BCUT2D eigenvalue weighted by molar-refractivity contribution is -0.0188. The predicted octanol–water partition coefficient (Wildman–Crippen LogP) is 1.48. The van der Waals surface area contributed by atoms with Crippen molar-refractivity contribution in [2.24, 2.45) is 0 Å². The average Bonchev–Trinajstić information content (AvgIpc) is 3.21. The monoisotopic (exact) mass is 323 g/mol. The second kappa shape index (κ2) is 4.91. The summed E-state index contributed by atoms with van der Waals surface area (Å²) in [6.45, 7) is 2.39. The van der Waals surface area contributed by atoms with Crippen molar-refractivity contribution < 1.29 is 4.74 Å². The highest BCUT2D eigenvalue weighted by atomic mass is 16.5. The number of H-pyrrole nitrogens is 1. The van der Waals surface area contributed by atoms with Gasteiger partial charge >= 0.3 is 0 Å². The van der Waals surface area contributed by atoms with Gasteiger partial charge in [-0.05, 0) is 25.0 Å². The molecule has 1 spiro atoms. The third kappa shape index (κ3) is 1.98. The molecule has 7 nitrogen and oxygen atoms in total. The molecule has 0 radical (unpaired) electrons. The smallest absolute Gasteiger partial charge is 0.263 e.